The van der Waals surface area contributed by atoms with Crippen LogP contribution in [0.25, 0.3) is 10.9 Å². The molecule has 16 heavy (non-hydrogen) atoms. The Kier molecular flexibility index (Phi) is 3.20. The number of para-hydroxylation sites is 1. The van der Waals surface area contributed by atoms with E-state index >= 15 is 0 Å². The molecule has 0 radical (unpaired) electrons. The molecule has 1 unspecified atom stereocenters. The molecular formula is C14H18N2. The summed E-state index contributed by atoms with van der Waals surface area (Å²) < 4.78 is 0. The van der Waals surface area contributed by atoms with E-state index in [9.17, 15) is 0 Å². The van der Waals surface area contributed by atoms with Gasteiger partial charge in [0.1, 0.15) is 0 Å². The van der Waals surface area contributed by atoms with Crippen molar-refractivity contribution >= 4 is 10.9 Å². The monoisotopic (exact) mass is 214 g/mol. The predicted octanol–water partition coefficient (Wildman–Crippen LogP) is 2.76. The topological polar surface area (TPSA) is 38.9 Å². The maximum Gasteiger partial charge on any atom is 0.0705 e. The lowest BCUT2D eigenvalue weighted by Gasteiger charge is -2.14. The quantitative estimate of drug-likeness (QED) is 0.853. The molecule has 0 spiro atoms. The van der Waals surface area contributed by atoms with Crippen molar-refractivity contribution in [3.05, 3.63) is 42.1 Å². The molecule has 1 aromatic carbocycles. The zero-order valence-corrected chi connectivity index (χ0v) is 9.85. The first-order valence-electron chi connectivity index (χ1n) is 5.77. The molecule has 0 aliphatic rings. The van der Waals surface area contributed by atoms with Gasteiger partial charge in [-0.15, -0.1) is 0 Å². The summed E-state index contributed by atoms with van der Waals surface area (Å²) in [5.74, 6) is 0.494. The summed E-state index contributed by atoms with van der Waals surface area (Å²) >= 11 is 0. The van der Waals surface area contributed by atoms with Crippen molar-refractivity contribution in [3.8, 4) is 0 Å². The highest BCUT2D eigenvalue weighted by Gasteiger charge is 2.09. The third-order valence-electron chi connectivity index (χ3n) is 2.96. The SMILES string of the molecule is CC(C)C(N)Cc1ccc2ccccc2n1. The molecule has 1 heterocycles. The number of hydrogen-bond donors (Lipinski definition) is 1. The summed E-state index contributed by atoms with van der Waals surface area (Å²) in [6, 6.07) is 12.5. The maximum atomic E-state index is 6.05. The minimum absolute atomic E-state index is 0.189. The Morgan fingerprint density at radius 3 is 2.62 bits per heavy atom. The van der Waals surface area contributed by atoms with E-state index in [4.69, 9.17) is 5.73 Å². The number of fused-ring (bicyclic) bond motifs is 1. The molecule has 0 aliphatic heterocycles. The molecule has 84 valence electrons. The average molecular weight is 214 g/mol. The Hall–Kier alpha value is -1.41. The van der Waals surface area contributed by atoms with Gasteiger partial charge in [0.15, 0.2) is 0 Å². The van der Waals surface area contributed by atoms with Crippen LogP contribution in [-0.2, 0) is 6.42 Å². The molecule has 2 heteroatoms. The molecule has 0 bridgehead atoms. The van der Waals surface area contributed by atoms with E-state index in [0.717, 1.165) is 17.6 Å². The Morgan fingerprint density at radius 2 is 1.88 bits per heavy atom. The van der Waals surface area contributed by atoms with Gasteiger partial charge in [0.05, 0.1) is 5.52 Å². The van der Waals surface area contributed by atoms with Gasteiger partial charge in [-0.1, -0.05) is 38.1 Å². The summed E-state index contributed by atoms with van der Waals surface area (Å²) in [5, 5.41) is 1.18. The van der Waals surface area contributed by atoms with Crippen LogP contribution >= 0.6 is 0 Å². The normalized spacial score (nSPS) is 13.2. The van der Waals surface area contributed by atoms with Crippen molar-refractivity contribution in [2.75, 3.05) is 0 Å². The molecule has 1 aromatic heterocycles. The summed E-state index contributed by atoms with van der Waals surface area (Å²) in [7, 11) is 0. The van der Waals surface area contributed by atoms with E-state index in [2.05, 4.69) is 37.0 Å². The lowest BCUT2D eigenvalue weighted by molar-refractivity contribution is 0.487. The van der Waals surface area contributed by atoms with Crippen LogP contribution in [-0.4, -0.2) is 11.0 Å². The summed E-state index contributed by atoms with van der Waals surface area (Å²) in [4.78, 5) is 4.62. The smallest absolute Gasteiger partial charge is 0.0705 e. The van der Waals surface area contributed by atoms with Crippen molar-refractivity contribution in [1.29, 1.82) is 0 Å². The molecule has 2 nitrogen and oxygen atoms in total. The van der Waals surface area contributed by atoms with Gasteiger partial charge in [-0.25, -0.2) is 0 Å². The van der Waals surface area contributed by atoms with E-state index < -0.39 is 0 Å². The highest BCUT2D eigenvalue weighted by Crippen LogP contribution is 2.13. The van der Waals surface area contributed by atoms with Gasteiger partial charge in [-0.05, 0) is 18.1 Å². The molecule has 0 fully saturated rings. The largest absolute Gasteiger partial charge is 0.327 e. The van der Waals surface area contributed by atoms with Crippen molar-refractivity contribution < 1.29 is 0 Å². The van der Waals surface area contributed by atoms with E-state index in [1.165, 1.54) is 5.39 Å². The van der Waals surface area contributed by atoms with Gasteiger partial charge in [-0.2, -0.15) is 0 Å². The lowest BCUT2D eigenvalue weighted by atomic mass is 10.00. The first-order valence-corrected chi connectivity index (χ1v) is 5.77. The van der Waals surface area contributed by atoms with E-state index in [1.807, 2.05) is 18.2 Å². The average Bonchev–Trinajstić information content (AvgIpc) is 2.28. The highest BCUT2D eigenvalue weighted by molar-refractivity contribution is 5.78. The van der Waals surface area contributed by atoms with Crippen LogP contribution in [0, 0.1) is 5.92 Å². The number of nitrogens with two attached hydrogens (primary N) is 1. The first-order chi connectivity index (χ1) is 7.66. The van der Waals surface area contributed by atoms with Gasteiger partial charge in [-0.3, -0.25) is 4.98 Å². The number of pyridine rings is 1. The van der Waals surface area contributed by atoms with Gasteiger partial charge >= 0.3 is 0 Å². The summed E-state index contributed by atoms with van der Waals surface area (Å²) in [5.41, 5.74) is 8.19. The van der Waals surface area contributed by atoms with E-state index in [-0.39, 0.29) is 6.04 Å². The van der Waals surface area contributed by atoms with Gasteiger partial charge in [0.2, 0.25) is 0 Å². The van der Waals surface area contributed by atoms with Crippen LogP contribution in [0.1, 0.15) is 19.5 Å². The predicted molar refractivity (Wildman–Crippen MR) is 68.3 cm³/mol. The fourth-order valence-corrected chi connectivity index (χ4v) is 1.70. The summed E-state index contributed by atoms with van der Waals surface area (Å²) in [6.45, 7) is 4.29. The van der Waals surface area contributed by atoms with Crippen LogP contribution in [0.3, 0.4) is 0 Å². The second kappa shape index (κ2) is 4.62. The number of hydrogen-bond acceptors (Lipinski definition) is 2. The zero-order chi connectivity index (χ0) is 11.5. The van der Waals surface area contributed by atoms with Gasteiger partial charge in [0, 0.05) is 23.5 Å². The number of nitrogens with zero attached hydrogens (tertiary/aromatic N) is 1. The Bertz CT molecular complexity index is 477. The van der Waals surface area contributed by atoms with Crippen LogP contribution < -0.4 is 5.73 Å². The third kappa shape index (κ3) is 2.39. The molecule has 2 rings (SSSR count). The summed E-state index contributed by atoms with van der Waals surface area (Å²) in [6.07, 6.45) is 0.850. The molecule has 1 atom stereocenters. The minimum atomic E-state index is 0.189. The third-order valence-corrected chi connectivity index (χ3v) is 2.96. The number of benzene rings is 1. The standard InChI is InChI=1S/C14H18N2/c1-10(2)13(15)9-12-8-7-11-5-3-4-6-14(11)16-12/h3-8,10,13H,9,15H2,1-2H3. The van der Waals surface area contributed by atoms with E-state index in [0.29, 0.717) is 5.92 Å². The fourth-order valence-electron chi connectivity index (χ4n) is 1.70. The first kappa shape index (κ1) is 11.1. The van der Waals surface area contributed by atoms with Crippen LogP contribution in [0.15, 0.2) is 36.4 Å². The molecule has 0 amide bonds. The second-order valence-electron chi connectivity index (χ2n) is 4.61. The van der Waals surface area contributed by atoms with Gasteiger partial charge < -0.3 is 5.73 Å². The molecule has 0 saturated carbocycles. The number of aromatic nitrogens is 1. The Labute approximate surface area is 96.5 Å². The van der Waals surface area contributed by atoms with Crippen LogP contribution in [0.4, 0.5) is 0 Å². The highest BCUT2D eigenvalue weighted by atomic mass is 14.7. The van der Waals surface area contributed by atoms with Crippen LogP contribution in [0.2, 0.25) is 0 Å². The van der Waals surface area contributed by atoms with Gasteiger partial charge in [0.25, 0.3) is 0 Å². The Morgan fingerprint density at radius 1 is 1.12 bits per heavy atom. The van der Waals surface area contributed by atoms with Crippen molar-refractivity contribution in [2.45, 2.75) is 26.3 Å². The minimum Gasteiger partial charge on any atom is -0.327 e. The van der Waals surface area contributed by atoms with Crippen LogP contribution in [0.5, 0.6) is 0 Å². The Balaban J connectivity index is 2.26. The molecule has 0 aliphatic carbocycles. The van der Waals surface area contributed by atoms with Crippen molar-refractivity contribution in [3.63, 3.8) is 0 Å². The molecule has 2 aromatic rings. The van der Waals surface area contributed by atoms with Crippen molar-refractivity contribution in [2.24, 2.45) is 11.7 Å². The fraction of sp³-hybridized carbons (Fsp3) is 0.357. The lowest BCUT2D eigenvalue weighted by Crippen LogP contribution is -2.29. The zero-order valence-electron chi connectivity index (χ0n) is 9.85. The second-order valence-corrected chi connectivity index (χ2v) is 4.61. The van der Waals surface area contributed by atoms with Crippen molar-refractivity contribution in [1.82, 2.24) is 4.98 Å². The van der Waals surface area contributed by atoms with E-state index in [1.54, 1.807) is 0 Å². The number of rotatable bonds is 3. The molecule has 2 N–H and O–H groups in total. The molecular weight excluding hydrogens is 196 g/mol. The maximum absolute atomic E-state index is 6.05. The molecule has 0 saturated heterocycles.